The summed E-state index contributed by atoms with van der Waals surface area (Å²) in [5, 5.41) is -0.474. The number of hydrogen-bond acceptors (Lipinski definition) is 6. The molecule has 2 N–H and O–H groups in total. The number of primary amides is 1. The molecule has 1 saturated heterocycles. The molecule has 2 aromatic carbocycles. The van der Waals surface area contributed by atoms with E-state index < -0.39 is 22.9 Å². The molecule has 150 valence electrons. The molecule has 0 spiro atoms. The van der Waals surface area contributed by atoms with Gasteiger partial charge in [-0.2, -0.15) is 0 Å². The van der Waals surface area contributed by atoms with Crippen molar-refractivity contribution in [1.29, 1.82) is 0 Å². The third-order valence-corrected chi connectivity index (χ3v) is 4.92. The summed E-state index contributed by atoms with van der Waals surface area (Å²) in [7, 11) is 1.43. The number of imide groups is 1. The number of benzene rings is 2. The fourth-order valence-electron chi connectivity index (χ4n) is 2.63. The molecule has 0 aromatic heterocycles. The second-order valence-corrected chi connectivity index (χ2v) is 7.02. The van der Waals surface area contributed by atoms with Crippen molar-refractivity contribution in [3.8, 4) is 11.5 Å². The summed E-state index contributed by atoms with van der Waals surface area (Å²) < 4.78 is 24.3. The first-order valence-corrected chi connectivity index (χ1v) is 9.28. The van der Waals surface area contributed by atoms with Gasteiger partial charge in [-0.3, -0.25) is 19.3 Å². The van der Waals surface area contributed by atoms with Gasteiger partial charge in [-0.1, -0.05) is 24.3 Å². The van der Waals surface area contributed by atoms with Crippen LogP contribution in [0.3, 0.4) is 0 Å². The Morgan fingerprint density at radius 3 is 2.66 bits per heavy atom. The molecule has 0 aliphatic carbocycles. The van der Waals surface area contributed by atoms with E-state index in [2.05, 4.69) is 0 Å². The van der Waals surface area contributed by atoms with Crippen LogP contribution in [-0.2, 0) is 16.1 Å². The summed E-state index contributed by atoms with van der Waals surface area (Å²) in [6.07, 6.45) is 1.53. The number of hydrogen-bond donors (Lipinski definition) is 1. The smallest absolute Gasteiger partial charge is 0.293 e. The van der Waals surface area contributed by atoms with Crippen molar-refractivity contribution in [2.45, 2.75) is 6.54 Å². The summed E-state index contributed by atoms with van der Waals surface area (Å²) in [5.41, 5.74) is 5.91. The second-order valence-electron chi connectivity index (χ2n) is 6.02. The van der Waals surface area contributed by atoms with Crippen LogP contribution in [0.1, 0.15) is 11.1 Å². The van der Waals surface area contributed by atoms with E-state index in [4.69, 9.17) is 15.2 Å². The Bertz CT molecular complexity index is 1010. The number of nitrogens with zero attached hydrogens (tertiary/aromatic N) is 1. The van der Waals surface area contributed by atoms with Gasteiger partial charge in [-0.25, -0.2) is 4.39 Å². The third-order valence-electron chi connectivity index (χ3n) is 4.02. The average Bonchev–Trinajstić information content (AvgIpc) is 2.95. The summed E-state index contributed by atoms with van der Waals surface area (Å²) in [5.74, 6) is -0.954. The first-order chi connectivity index (χ1) is 13.9. The molecule has 2 aromatic rings. The molecule has 0 radical (unpaired) electrons. The predicted octanol–water partition coefficient (Wildman–Crippen LogP) is 2.93. The SMILES string of the molecule is COc1cc(/C=C2\SC(=O)N(Cc3ccccc3F)C2=O)ccc1OCC(N)=O. The van der Waals surface area contributed by atoms with Gasteiger partial charge in [0, 0.05) is 5.56 Å². The Hall–Kier alpha value is -3.33. The zero-order valence-corrected chi connectivity index (χ0v) is 16.2. The number of carbonyl (C=O) groups is 3. The fourth-order valence-corrected chi connectivity index (χ4v) is 3.47. The van der Waals surface area contributed by atoms with Crippen LogP contribution in [0.15, 0.2) is 47.4 Å². The van der Waals surface area contributed by atoms with Crippen LogP contribution in [0.2, 0.25) is 0 Å². The van der Waals surface area contributed by atoms with Crippen molar-refractivity contribution in [1.82, 2.24) is 4.90 Å². The molecule has 3 amide bonds. The van der Waals surface area contributed by atoms with Crippen molar-refractivity contribution in [2.24, 2.45) is 5.73 Å². The van der Waals surface area contributed by atoms with Gasteiger partial charge in [0.1, 0.15) is 5.82 Å². The maximum Gasteiger partial charge on any atom is 0.293 e. The minimum atomic E-state index is -0.625. The lowest BCUT2D eigenvalue weighted by molar-refractivity contribution is -0.123. The van der Waals surface area contributed by atoms with Crippen LogP contribution in [0.5, 0.6) is 11.5 Å². The molecule has 0 atom stereocenters. The van der Waals surface area contributed by atoms with Crippen LogP contribution in [0, 0.1) is 5.82 Å². The van der Waals surface area contributed by atoms with Crippen LogP contribution in [0.4, 0.5) is 9.18 Å². The zero-order valence-electron chi connectivity index (χ0n) is 15.4. The minimum absolute atomic E-state index is 0.141. The van der Waals surface area contributed by atoms with Gasteiger partial charge in [-0.05, 0) is 41.6 Å². The molecule has 1 aliphatic rings. The number of carbonyl (C=O) groups excluding carboxylic acids is 3. The highest BCUT2D eigenvalue weighted by molar-refractivity contribution is 8.18. The highest BCUT2D eigenvalue weighted by Gasteiger charge is 2.35. The number of rotatable bonds is 7. The van der Waals surface area contributed by atoms with Crippen LogP contribution in [0.25, 0.3) is 6.08 Å². The van der Waals surface area contributed by atoms with Gasteiger partial charge >= 0.3 is 0 Å². The minimum Gasteiger partial charge on any atom is -0.493 e. The van der Waals surface area contributed by atoms with Crippen LogP contribution >= 0.6 is 11.8 Å². The summed E-state index contributed by atoms with van der Waals surface area (Å²) in [6.45, 7) is -0.442. The topological polar surface area (TPSA) is 98.9 Å². The van der Waals surface area contributed by atoms with Crippen LogP contribution < -0.4 is 15.2 Å². The van der Waals surface area contributed by atoms with Gasteiger partial charge in [-0.15, -0.1) is 0 Å². The van der Waals surface area contributed by atoms with Crippen molar-refractivity contribution in [3.63, 3.8) is 0 Å². The standard InChI is InChI=1S/C20H17FN2O5S/c1-27-16-8-12(6-7-15(16)28-11-18(22)24)9-17-19(25)23(20(26)29-17)10-13-4-2-3-5-14(13)21/h2-9H,10-11H2,1H3,(H2,22,24)/b17-9-. The number of halogens is 1. The van der Waals surface area contributed by atoms with Gasteiger partial charge in [0.25, 0.3) is 17.1 Å². The van der Waals surface area contributed by atoms with Crippen molar-refractivity contribution in [3.05, 3.63) is 64.3 Å². The van der Waals surface area contributed by atoms with E-state index in [1.54, 1.807) is 24.3 Å². The van der Waals surface area contributed by atoms with E-state index >= 15 is 0 Å². The van der Waals surface area contributed by atoms with E-state index in [0.29, 0.717) is 17.1 Å². The van der Waals surface area contributed by atoms with E-state index in [0.717, 1.165) is 16.7 Å². The monoisotopic (exact) mass is 416 g/mol. The first-order valence-electron chi connectivity index (χ1n) is 8.47. The number of nitrogens with two attached hydrogens (primary N) is 1. The van der Waals surface area contributed by atoms with E-state index in [-0.39, 0.29) is 23.6 Å². The Kier molecular flexibility index (Phi) is 6.18. The molecule has 9 heteroatoms. The maximum atomic E-state index is 13.8. The molecule has 0 bridgehead atoms. The molecule has 1 fully saturated rings. The summed E-state index contributed by atoms with van der Waals surface area (Å²) >= 11 is 0.776. The second kappa shape index (κ2) is 8.78. The molecular weight excluding hydrogens is 399 g/mol. The van der Waals surface area contributed by atoms with E-state index in [1.807, 2.05) is 0 Å². The van der Waals surface area contributed by atoms with Gasteiger partial charge in [0.2, 0.25) is 0 Å². The number of methoxy groups -OCH3 is 1. The lowest BCUT2D eigenvalue weighted by atomic mass is 10.1. The first kappa shape index (κ1) is 20.4. The third kappa shape index (κ3) is 4.75. The highest BCUT2D eigenvalue weighted by atomic mass is 32.2. The molecule has 1 heterocycles. The van der Waals surface area contributed by atoms with Crippen molar-refractivity contribution in [2.75, 3.05) is 13.7 Å². The summed E-state index contributed by atoms with van der Waals surface area (Å²) in [4.78, 5) is 36.9. The molecule has 3 rings (SSSR count). The highest BCUT2D eigenvalue weighted by Crippen LogP contribution is 2.35. The van der Waals surface area contributed by atoms with E-state index in [1.165, 1.54) is 31.4 Å². The molecule has 1 aliphatic heterocycles. The maximum absolute atomic E-state index is 13.8. The van der Waals surface area contributed by atoms with Gasteiger partial charge < -0.3 is 15.2 Å². The fraction of sp³-hybridized carbons (Fsp3) is 0.150. The Morgan fingerprint density at radius 1 is 1.21 bits per heavy atom. The largest absolute Gasteiger partial charge is 0.493 e. The van der Waals surface area contributed by atoms with Gasteiger partial charge in [0.05, 0.1) is 18.6 Å². The molecular formula is C20H17FN2O5S. The lowest BCUT2D eigenvalue weighted by Crippen LogP contribution is -2.27. The molecule has 7 nitrogen and oxygen atoms in total. The van der Waals surface area contributed by atoms with Crippen molar-refractivity contribution < 1.29 is 28.2 Å². The summed E-state index contributed by atoms with van der Waals surface area (Å²) in [6, 6.07) is 10.8. The number of thioether (sulfide) groups is 1. The van der Waals surface area contributed by atoms with Gasteiger partial charge in [0.15, 0.2) is 18.1 Å². The molecule has 0 saturated carbocycles. The van der Waals surface area contributed by atoms with Crippen LogP contribution in [-0.4, -0.2) is 35.7 Å². The Morgan fingerprint density at radius 2 is 1.97 bits per heavy atom. The molecule has 0 unspecified atom stereocenters. The zero-order chi connectivity index (χ0) is 21.0. The Balaban J connectivity index is 1.80. The molecule has 29 heavy (non-hydrogen) atoms. The van der Waals surface area contributed by atoms with E-state index in [9.17, 15) is 18.8 Å². The lowest BCUT2D eigenvalue weighted by Gasteiger charge is -2.13. The number of amides is 3. The number of ether oxygens (including phenoxy) is 2. The normalized spacial score (nSPS) is 15.1. The predicted molar refractivity (Wildman–Crippen MR) is 106 cm³/mol. The quantitative estimate of drug-likeness (QED) is 0.697. The van der Waals surface area contributed by atoms with Crippen molar-refractivity contribution >= 4 is 34.9 Å². The Labute approximate surface area is 170 Å². The average molecular weight is 416 g/mol.